The smallest absolute Gasteiger partial charge is 0.346 e. The van der Waals surface area contributed by atoms with E-state index in [1.54, 1.807) is 25.1 Å². The molecular formula is C24H29N3O4S. The van der Waals surface area contributed by atoms with Crippen molar-refractivity contribution in [3.05, 3.63) is 52.2 Å². The summed E-state index contributed by atoms with van der Waals surface area (Å²) in [7, 11) is 1.48. The van der Waals surface area contributed by atoms with Crippen LogP contribution in [-0.4, -0.2) is 41.4 Å². The average molecular weight is 456 g/mol. The van der Waals surface area contributed by atoms with Crippen LogP contribution in [0.4, 0.5) is 5.69 Å². The van der Waals surface area contributed by atoms with Gasteiger partial charge in [0, 0.05) is 11.8 Å². The Bertz CT molecular complexity index is 1010. The van der Waals surface area contributed by atoms with Gasteiger partial charge in [-0.25, -0.2) is 9.78 Å². The number of carbonyl (C=O) groups excluding carboxylic acids is 1. The van der Waals surface area contributed by atoms with Crippen molar-refractivity contribution in [3.63, 3.8) is 0 Å². The fourth-order valence-electron chi connectivity index (χ4n) is 4.61. The van der Waals surface area contributed by atoms with Gasteiger partial charge in [0.2, 0.25) is 11.5 Å². The van der Waals surface area contributed by atoms with E-state index in [1.165, 1.54) is 29.4 Å². The number of hydrogen-bond donors (Lipinski definition) is 3. The van der Waals surface area contributed by atoms with Crippen LogP contribution in [0.3, 0.4) is 0 Å². The summed E-state index contributed by atoms with van der Waals surface area (Å²) >= 11 is 5.57. The number of aryl methyl sites for hydroxylation is 2. The van der Waals surface area contributed by atoms with Crippen LogP contribution in [0.25, 0.3) is 0 Å². The number of pyridine rings is 1. The van der Waals surface area contributed by atoms with Gasteiger partial charge < -0.3 is 25.2 Å². The van der Waals surface area contributed by atoms with Crippen LogP contribution >= 0.6 is 12.2 Å². The minimum Gasteiger partial charge on any atom is -0.481 e. The summed E-state index contributed by atoms with van der Waals surface area (Å²) in [6.07, 6.45) is 6.57. The molecule has 1 unspecified atom stereocenters. The Labute approximate surface area is 193 Å². The molecule has 0 fully saturated rings. The molecule has 0 saturated heterocycles. The van der Waals surface area contributed by atoms with Crippen molar-refractivity contribution in [3.8, 4) is 5.88 Å². The van der Waals surface area contributed by atoms with E-state index in [0.717, 1.165) is 44.2 Å². The van der Waals surface area contributed by atoms with Crippen LogP contribution in [0.1, 0.15) is 47.7 Å². The maximum absolute atomic E-state index is 12.7. The lowest BCUT2D eigenvalue weighted by Crippen LogP contribution is -2.49. The lowest BCUT2D eigenvalue weighted by atomic mass is 9.98. The van der Waals surface area contributed by atoms with E-state index in [4.69, 9.17) is 21.7 Å². The number of thiocarbonyl (C=S) groups is 1. The standard InChI is InChI=1S/C24H29N3O4S/c1-3-31-22(28)24(29,19-11-6-12-20(26-19)30-2)14-25-23(32)27-21-17-9-4-7-15(17)13-16-8-5-10-18(16)21/h6,11-13,29H,3-5,7-10,14H2,1-2H3,(H2,25,27,32). The van der Waals surface area contributed by atoms with Crippen LogP contribution in [0.2, 0.25) is 0 Å². The molecular weight excluding hydrogens is 426 g/mol. The number of carbonyl (C=O) groups is 1. The van der Waals surface area contributed by atoms with Crippen molar-refractivity contribution in [2.45, 2.75) is 51.0 Å². The van der Waals surface area contributed by atoms with E-state index >= 15 is 0 Å². The number of nitrogens with zero attached hydrogens (tertiary/aromatic N) is 1. The fourth-order valence-corrected chi connectivity index (χ4v) is 4.78. The normalized spacial score (nSPS) is 16.0. The molecule has 0 amide bonds. The van der Waals surface area contributed by atoms with Crippen molar-refractivity contribution < 1.29 is 19.4 Å². The summed E-state index contributed by atoms with van der Waals surface area (Å²) in [5.74, 6) is -0.501. The second kappa shape index (κ2) is 9.42. The van der Waals surface area contributed by atoms with Crippen molar-refractivity contribution >= 4 is 29.0 Å². The van der Waals surface area contributed by atoms with Gasteiger partial charge >= 0.3 is 5.97 Å². The van der Waals surface area contributed by atoms with Gasteiger partial charge in [0.05, 0.1) is 26.0 Å². The molecule has 1 heterocycles. The maximum atomic E-state index is 12.7. The third kappa shape index (κ3) is 4.29. The Morgan fingerprint density at radius 3 is 2.50 bits per heavy atom. The highest BCUT2D eigenvalue weighted by molar-refractivity contribution is 7.80. The molecule has 8 heteroatoms. The monoisotopic (exact) mass is 455 g/mol. The summed E-state index contributed by atoms with van der Waals surface area (Å²) in [5, 5.41) is 18.0. The molecule has 7 nitrogen and oxygen atoms in total. The highest BCUT2D eigenvalue weighted by Gasteiger charge is 2.41. The first-order valence-electron chi connectivity index (χ1n) is 11.1. The Morgan fingerprint density at radius 1 is 1.19 bits per heavy atom. The van der Waals surface area contributed by atoms with Gasteiger partial charge in [-0.3, -0.25) is 0 Å². The third-order valence-corrected chi connectivity index (χ3v) is 6.43. The Hall–Kier alpha value is -2.71. The summed E-state index contributed by atoms with van der Waals surface area (Å²) in [6.45, 7) is 1.64. The molecule has 2 aliphatic carbocycles. The number of benzene rings is 1. The summed E-state index contributed by atoms with van der Waals surface area (Å²) in [4.78, 5) is 16.9. The SMILES string of the molecule is CCOC(=O)C(O)(CNC(=S)Nc1c2c(cc3c1CCC3)CCC2)c1cccc(OC)n1. The van der Waals surface area contributed by atoms with Crippen LogP contribution in [-0.2, 0) is 40.8 Å². The molecule has 2 aromatic rings. The topological polar surface area (TPSA) is 92.7 Å². The Kier molecular flexibility index (Phi) is 6.62. The number of aromatic nitrogens is 1. The number of hydrogen-bond acceptors (Lipinski definition) is 6. The summed E-state index contributed by atoms with van der Waals surface area (Å²) < 4.78 is 10.3. The Morgan fingerprint density at radius 2 is 1.88 bits per heavy atom. The molecule has 0 bridgehead atoms. The van der Waals surface area contributed by atoms with Crippen molar-refractivity contribution in [2.75, 3.05) is 25.6 Å². The fraction of sp³-hybridized carbons (Fsp3) is 0.458. The third-order valence-electron chi connectivity index (χ3n) is 6.19. The molecule has 1 aromatic heterocycles. The molecule has 3 N–H and O–H groups in total. The molecule has 2 aliphatic rings. The van der Waals surface area contributed by atoms with Crippen molar-refractivity contribution in [1.82, 2.24) is 10.3 Å². The predicted molar refractivity (Wildman–Crippen MR) is 126 cm³/mol. The zero-order valence-electron chi connectivity index (χ0n) is 18.5. The Balaban J connectivity index is 1.54. The molecule has 1 atom stereocenters. The van der Waals surface area contributed by atoms with Gasteiger partial charge in [0.25, 0.3) is 0 Å². The van der Waals surface area contributed by atoms with E-state index in [9.17, 15) is 9.90 Å². The number of anilines is 1. The first-order chi connectivity index (χ1) is 15.5. The van der Waals surface area contributed by atoms with E-state index in [-0.39, 0.29) is 18.8 Å². The second-order valence-corrected chi connectivity index (χ2v) is 8.60. The van der Waals surface area contributed by atoms with Crippen LogP contribution in [0.15, 0.2) is 24.3 Å². The van der Waals surface area contributed by atoms with Gasteiger partial charge in [0.1, 0.15) is 0 Å². The minimum atomic E-state index is -2.02. The highest BCUT2D eigenvalue weighted by Crippen LogP contribution is 2.38. The van der Waals surface area contributed by atoms with Gasteiger partial charge in [-0.1, -0.05) is 12.1 Å². The molecule has 0 aliphatic heterocycles. The zero-order chi connectivity index (χ0) is 22.7. The molecule has 32 heavy (non-hydrogen) atoms. The van der Waals surface area contributed by atoms with Crippen molar-refractivity contribution in [1.29, 1.82) is 0 Å². The van der Waals surface area contributed by atoms with E-state index in [0.29, 0.717) is 11.0 Å². The summed E-state index contributed by atoms with van der Waals surface area (Å²) in [5.41, 5.74) is 4.70. The summed E-state index contributed by atoms with van der Waals surface area (Å²) in [6, 6.07) is 7.23. The van der Waals surface area contributed by atoms with Crippen LogP contribution in [0, 0.1) is 0 Å². The number of nitrogens with one attached hydrogen (secondary N) is 2. The lowest BCUT2D eigenvalue weighted by Gasteiger charge is -2.27. The number of fused-ring (bicyclic) bond motifs is 2. The molecule has 1 aromatic carbocycles. The highest BCUT2D eigenvalue weighted by atomic mass is 32.1. The average Bonchev–Trinajstić information content (AvgIpc) is 3.47. The first-order valence-corrected chi connectivity index (χ1v) is 11.5. The van der Waals surface area contributed by atoms with Gasteiger partial charge in [0.15, 0.2) is 5.11 Å². The number of methoxy groups -OCH3 is 1. The number of rotatable bonds is 7. The van der Waals surface area contributed by atoms with E-state index in [2.05, 4.69) is 21.7 Å². The van der Waals surface area contributed by atoms with Gasteiger partial charge in [-0.2, -0.15) is 0 Å². The minimum absolute atomic E-state index is 0.132. The van der Waals surface area contributed by atoms with E-state index < -0.39 is 11.6 Å². The molecule has 4 rings (SSSR count). The largest absolute Gasteiger partial charge is 0.481 e. The van der Waals surface area contributed by atoms with E-state index in [1.807, 2.05) is 0 Å². The second-order valence-electron chi connectivity index (χ2n) is 8.19. The molecule has 0 saturated carbocycles. The predicted octanol–water partition coefficient (Wildman–Crippen LogP) is 2.80. The van der Waals surface area contributed by atoms with Gasteiger partial charge in [-0.15, -0.1) is 0 Å². The molecule has 170 valence electrons. The van der Waals surface area contributed by atoms with Crippen LogP contribution in [0.5, 0.6) is 5.88 Å². The van der Waals surface area contributed by atoms with Gasteiger partial charge in [-0.05, 0) is 86.0 Å². The lowest BCUT2D eigenvalue weighted by molar-refractivity contribution is -0.166. The number of aliphatic hydroxyl groups is 1. The zero-order valence-corrected chi connectivity index (χ0v) is 19.3. The van der Waals surface area contributed by atoms with Crippen LogP contribution < -0.4 is 15.4 Å². The van der Waals surface area contributed by atoms with Crippen molar-refractivity contribution in [2.24, 2.45) is 0 Å². The number of esters is 1. The number of ether oxygens (including phenoxy) is 2. The molecule has 0 radical (unpaired) electrons. The maximum Gasteiger partial charge on any atom is 0.346 e. The molecule has 0 spiro atoms. The first kappa shape index (κ1) is 22.5. The quantitative estimate of drug-likeness (QED) is 0.434.